The van der Waals surface area contributed by atoms with Crippen molar-refractivity contribution in [3.63, 3.8) is 0 Å². The van der Waals surface area contributed by atoms with Crippen LogP contribution >= 0.6 is 0 Å². The molecule has 0 aromatic heterocycles. The van der Waals surface area contributed by atoms with Crippen LogP contribution in [-0.2, 0) is 0 Å². The fourth-order valence-corrected chi connectivity index (χ4v) is 2.97. The second kappa shape index (κ2) is 5.30. The maximum atomic E-state index is 8.01. The zero-order valence-corrected chi connectivity index (χ0v) is 11.4. The van der Waals surface area contributed by atoms with Gasteiger partial charge in [0.2, 0.25) is 5.96 Å². The number of aliphatic imine (C=N–C) groups is 1. The van der Waals surface area contributed by atoms with Gasteiger partial charge in [-0.1, -0.05) is 30.3 Å². The summed E-state index contributed by atoms with van der Waals surface area (Å²) >= 11 is 0. The number of nitrogens with one attached hydrogen (secondary N) is 1. The van der Waals surface area contributed by atoms with Crippen molar-refractivity contribution in [3.8, 4) is 0 Å². The molecule has 1 aromatic rings. The van der Waals surface area contributed by atoms with E-state index in [0.29, 0.717) is 5.92 Å². The Bertz CT molecular complexity index is 478. The highest BCUT2D eigenvalue weighted by Gasteiger charge is 2.38. The van der Waals surface area contributed by atoms with Crippen molar-refractivity contribution < 1.29 is 0 Å². The Balaban J connectivity index is 2.21. The summed E-state index contributed by atoms with van der Waals surface area (Å²) in [5, 5.41) is 8.01. The molecule has 102 valence electrons. The molecule has 1 heterocycles. The maximum absolute atomic E-state index is 8.01. The van der Waals surface area contributed by atoms with Crippen LogP contribution in [0.25, 0.3) is 0 Å². The van der Waals surface area contributed by atoms with Crippen LogP contribution in [0.3, 0.4) is 0 Å². The van der Waals surface area contributed by atoms with Crippen molar-refractivity contribution in [3.05, 3.63) is 35.9 Å². The van der Waals surface area contributed by atoms with Crippen molar-refractivity contribution in [1.82, 2.24) is 4.90 Å². The number of hydrogen-bond donors (Lipinski definition) is 3. The van der Waals surface area contributed by atoms with Gasteiger partial charge < -0.3 is 16.4 Å². The van der Waals surface area contributed by atoms with E-state index in [0.717, 1.165) is 6.42 Å². The summed E-state index contributed by atoms with van der Waals surface area (Å²) in [4.78, 5) is 5.85. The minimum atomic E-state index is -0.0624. The lowest BCUT2D eigenvalue weighted by Crippen LogP contribution is -2.40. The molecule has 1 aliphatic rings. The second-order valence-corrected chi connectivity index (χ2v) is 5.11. The third-order valence-corrected chi connectivity index (χ3v) is 3.80. The van der Waals surface area contributed by atoms with Crippen molar-refractivity contribution in [2.24, 2.45) is 16.5 Å². The quantitative estimate of drug-likeness (QED) is 0.526. The Kier molecular flexibility index (Phi) is 3.74. The summed E-state index contributed by atoms with van der Waals surface area (Å²) in [6, 6.07) is 10.9. The first-order chi connectivity index (χ1) is 9.00. The topological polar surface area (TPSA) is 91.5 Å². The zero-order valence-electron chi connectivity index (χ0n) is 11.4. The first kappa shape index (κ1) is 13.4. The molecular formula is C14H21N5. The average molecular weight is 259 g/mol. The number of guanidine groups is 2. The fraction of sp³-hybridized carbons (Fsp3) is 0.429. The standard InChI is InChI=1S/C14H21N5/c1-9-8-12(11-6-4-3-5-7-11)10(2)19(9)14(17)18-13(15)16/h3-7,9-10,12H,8H2,1-2H3,(H5,15,16,17,18). The van der Waals surface area contributed by atoms with Crippen molar-refractivity contribution in [2.75, 3.05) is 0 Å². The van der Waals surface area contributed by atoms with Crippen LogP contribution in [0.1, 0.15) is 31.7 Å². The Morgan fingerprint density at radius 2 is 1.89 bits per heavy atom. The summed E-state index contributed by atoms with van der Waals surface area (Å²) in [6.07, 6.45) is 1.01. The molecule has 0 radical (unpaired) electrons. The van der Waals surface area contributed by atoms with Gasteiger partial charge in [0.1, 0.15) is 0 Å². The predicted octanol–water partition coefficient (Wildman–Crippen LogP) is 1.46. The average Bonchev–Trinajstić information content (AvgIpc) is 2.65. The Morgan fingerprint density at radius 3 is 2.47 bits per heavy atom. The number of hydrogen-bond acceptors (Lipinski definition) is 1. The molecule has 0 saturated carbocycles. The third-order valence-electron chi connectivity index (χ3n) is 3.80. The summed E-state index contributed by atoms with van der Waals surface area (Å²) in [7, 11) is 0. The maximum Gasteiger partial charge on any atom is 0.221 e. The van der Waals surface area contributed by atoms with Crippen molar-refractivity contribution in [1.29, 1.82) is 5.41 Å². The van der Waals surface area contributed by atoms with E-state index in [9.17, 15) is 0 Å². The Morgan fingerprint density at radius 1 is 1.26 bits per heavy atom. The monoisotopic (exact) mass is 259 g/mol. The minimum Gasteiger partial charge on any atom is -0.370 e. The van der Waals surface area contributed by atoms with Gasteiger partial charge in [-0.05, 0) is 25.8 Å². The first-order valence-electron chi connectivity index (χ1n) is 6.52. The van der Waals surface area contributed by atoms with E-state index in [1.165, 1.54) is 5.56 Å². The van der Waals surface area contributed by atoms with Gasteiger partial charge in [-0.3, -0.25) is 5.41 Å². The molecule has 3 unspecified atom stereocenters. The molecular weight excluding hydrogens is 238 g/mol. The van der Waals surface area contributed by atoms with Crippen LogP contribution in [0, 0.1) is 5.41 Å². The Labute approximate surface area is 113 Å². The number of nitrogens with zero attached hydrogens (tertiary/aromatic N) is 2. The fourth-order valence-electron chi connectivity index (χ4n) is 2.97. The molecule has 3 atom stereocenters. The van der Waals surface area contributed by atoms with Gasteiger partial charge in [0.15, 0.2) is 5.96 Å². The smallest absolute Gasteiger partial charge is 0.221 e. The van der Waals surface area contributed by atoms with Crippen LogP contribution in [0.4, 0.5) is 0 Å². The SMILES string of the molecule is CC1CC(c2ccccc2)C(C)N1C(=N)N=C(N)N. The number of rotatable bonds is 1. The molecule has 1 aromatic carbocycles. The number of nitrogens with two attached hydrogens (primary N) is 2. The molecule has 5 N–H and O–H groups in total. The molecule has 0 amide bonds. The molecule has 5 nitrogen and oxygen atoms in total. The van der Waals surface area contributed by atoms with Crippen molar-refractivity contribution >= 4 is 11.9 Å². The normalized spacial score (nSPS) is 26.2. The van der Waals surface area contributed by atoms with E-state index in [1.54, 1.807) is 0 Å². The van der Waals surface area contributed by atoms with Gasteiger partial charge in [0, 0.05) is 18.0 Å². The van der Waals surface area contributed by atoms with Gasteiger partial charge in [-0.15, -0.1) is 0 Å². The molecule has 1 aliphatic heterocycles. The minimum absolute atomic E-state index is 0.0624. The summed E-state index contributed by atoms with van der Waals surface area (Å²) in [5.41, 5.74) is 12.0. The summed E-state index contributed by atoms with van der Waals surface area (Å²) in [6.45, 7) is 4.23. The largest absolute Gasteiger partial charge is 0.370 e. The van der Waals surface area contributed by atoms with Crippen LogP contribution in [-0.4, -0.2) is 28.9 Å². The van der Waals surface area contributed by atoms with E-state index in [-0.39, 0.29) is 24.0 Å². The van der Waals surface area contributed by atoms with E-state index < -0.39 is 0 Å². The summed E-state index contributed by atoms with van der Waals surface area (Å²) in [5.74, 6) is 0.497. The van der Waals surface area contributed by atoms with Crippen LogP contribution in [0.5, 0.6) is 0 Å². The second-order valence-electron chi connectivity index (χ2n) is 5.11. The van der Waals surface area contributed by atoms with E-state index in [1.807, 2.05) is 11.0 Å². The molecule has 0 bridgehead atoms. The van der Waals surface area contributed by atoms with E-state index >= 15 is 0 Å². The Hall–Kier alpha value is -2.04. The number of benzene rings is 1. The lowest BCUT2D eigenvalue weighted by molar-refractivity contribution is 0.332. The van der Waals surface area contributed by atoms with E-state index in [2.05, 4.69) is 43.1 Å². The zero-order chi connectivity index (χ0) is 14.0. The van der Waals surface area contributed by atoms with Crippen LogP contribution in [0.2, 0.25) is 0 Å². The van der Waals surface area contributed by atoms with Gasteiger partial charge in [0.05, 0.1) is 0 Å². The third kappa shape index (κ3) is 2.70. The molecule has 0 aliphatic carbocycles. The van der Waals surface area contributed by atoms with Crippen molar-refractivity contribution in [2.45, 2.75) is 38.3 Å². The molecule has 5 heteroatoms. The van der Waals surface area contributed by atoms with Gasteiger partial charge >= 0.3 is 0 Å². The molecule has 19 heavy (non-hydrogen) atoms. The van der Waals surface area contributed by atoms with Crippen LogP contribution in [0.15, 0.2) is 35.3 Å². The van der Waals surface area contributed by atoms with Crippen LogP contribution < -0.4 is 11.5 Å². The van der Waals surface area contributed by atoms with E-state index in [4.69, 9.17) is 16.9 Å². The summed E-state index contributed by atoms with van der Waals surface area (Å²) < 4.78 is 0. The lowest BCUT2D eigenvalue weighted by atomic mass is 9.92. The number of likely N-dealkylation sites (tertiary alicyclic amines) is 1. The highest BCUT2D eigenvalue weighted by Crippen LogP contribution is 2.37. The van der Waals surface area contributed by atoms with Gasteiger partial charge in [0.25, 0.3) is 0 Å². The molecule has 0 spiro atoms. The first-order valence-corrected chi connectivity index (χ1v) is 6.52. The lowest BCUT2D eigenvalue weighted by Gasteiger charge is -2.27. The van der Waals surface area contributed by atoms with Gasteiger partial charge in [-0.25, -0.2) is 0 Å². The molecule has 1 saturated heterocycles. The van der Waals surface area contributed by atoms with Gasteiger partial charge in [-0.2, -0.15) is 4.99 Å². The molecule has 1 fully saturated rings. The highest BCUT2D eigenvalue weighted by molar-refractivity contribution is 5.92. The molecule has 2 rings (SSSR count). The highest BCUT2D eigenvalue weighted by atomic mass is 15.3. The predicted molar refractivity (Wildman–Crippen MR) is 78.1 cm³/mol.